The van der Waals surface area contributed by atoms with E-state index in [2.05, 4.69) is 34.1 Å². The summed E-state index contributed by atoms with van der Waals surface area (Å²) < 4.78 is 0. The van der Waals surface area contributed by atoms with Gasteiger partial charge in [-0.3, -0.25) is 4.98 Å². The minimum Gasteiger partial charge on any atom is -0.340 e. The molecule has 0 atom stereocenters. The third kappa shape index (κ3) is 4.49. The zero-order valence-electron chi connectivity index (χ0n) is 13.2. The Balaban J connectivity index is 2.05. The highest BCUT2D eigenvalue weighted by Gasteiger charge is 2.08. The molecule has 0 aromatic carbocycles. The van der Waals surface area contributed by atoms with Gasteiger partial charge in [0.05, 0.1) is 0 Å². The van der Waals surface area contributed by atoms with E-state index in [1.165, 1.54) is 5.56 Å². The lowest BCUT2D eigenvalue weighted by atomic mass is 10.2. The van der Waals surface area contributed by atoms with E-state index in [1.54, 1.807) is 12.4 Å². The van der Waals surface area contributed by atoms with Crippen LogP contribution in [-0.2, 0) is 13.1 Å². The molecule has 0 saturated heterocycles. The molecular weight excluding hydrogens is 262 g/mol. The molecule has 0 radical (unpaired) electrons. The Morgan fingerprint density at radius 2 is 1.95 bits per heavy atom. The molecule has 2 heterocycles. The number of anilines is 1. The summed E-state index contributed by atoms with van der Waals surface area (Å²) in [5.41, 5.74) is 3.36. The molecule has 112 valence electrons. The Hall–Kier alpha value is -2.01. The summed E-state index contributed by atoms with van der Waals surface area (Å²) in [7, 11) is 2.00. The van der Waals surface area contributed by atoms with Crippen LogP contribution in [0.15, 0.2) is 30.7 Å². The molecule has 0 saturated carbocycles. The fraction of sp³-hybridized carbons (Fsp3) is 0.438. The van der Waals surface area contributed by atoms with Gasteiger partial charge in [-0.1, -0.05) is 13.8 Å². The van der Waals surface area contributed by atoms with Crippen LogP contribution >= 0.6 is 0 Å². The number of nitrogens with zero attached hydrogens (tertiary/aromatic N) is 4. The van der Waals surface area contributed by atoms with E-state index in [0.717, 1.165) is 30.3 Å². The summed E-state index contributed by atoms with van der Waals surface area (Å²) in [6, 6.07) is 4.47. The van der Waals surface area contributed by atoms with Gasteiger partial charge < -0.3 is 10.2 Å². The normalized spacial score (nSPS) is 10.9. The Morgan fingerprint density at radius 3 is 2.57 bits per heavy atom. The van der Waals surface area contributed by atoms with Crippen molar-refractivity contribution in [3.8, 4) is 0 Å². The quantitative estimate of drug-likeness (QED) is 0.882. The Morgan fingerprint density at radius 1 is 1.24 bits per heavy atom. The monoisotopic (exact) mass is 285 g/mol. The predicted octanol–water partition coefficient (Wildman–Crippen LogP) is 2.31. The number of pyridine rings is 1. The summed E-state index contributed by atoms with van der Waals surface area (Å²) >= 11 is 0. The molecule has 5 heteroatoms. The lowest BCUT2D eigenvalue weighted by Crippen LogP contribution is -2.24. The summed E-state index contributed by atoms with van der Waals surface area (Å²) in [5.74, 6) is 0.748. The SMILES string of the molecule is Cc1nc(N(C)Cc2ccncc2)ncc1CNC(C)C. The molecule has 0 spiro atoms. The second kappa shape index (κ2) is 7.13. The molecule has 0 unspecified atom stereocenters. The zero-order chi connectivity index (χ0) is 15.2. The average molecular weight is 285 g/mol. The lowest BCUT2D eigenvalue weighted by molar-refractivity contribution is 0.584. The molecule has 5 nitrogen and oxygen atoms in total. The van der Waals surface area contributed by atoms with E-state index in [9.17, 15) is 0 Å². The average Bonchev–Trinajstić information content (AvgIpc) is 2.46. The number of rotatable bonds is 6. The maximum absolute atomic E-state index is 4.61. The molecule has 0 bridgehead atoms. The van der Waals surface area contributed by atoms with Gasteiger partial charge in [0, 0.05) is 56.0 Å². The number of aromatic nitrogens is 3. The van der Waals surface area contributed by atoms with Crippen molar-refractivity contribution in [2.75, 3.05) is 11.9 Å². The van der Waals surface area contributed by atoms with Crippen LogP contribution in [0.1, 0.15) is 30.7 Å². The third-order valence-electron chi connectivity index (χ3n) is 3.28. The summed E-state index contributed by atoms with van der Waals surface area (Å²) in [5, 5.41) is 3.39. The van der Waals surface area contributed by atoms with Crippen LogP contribution in [0.25, 0.3) is 0 Å². The van der Waals surface area contributed by atoms with E-state index in [0.29, 0.717) is 6.04 Å². The highest BCUT2D eigenvalue weighted by Crippen LogP contribution is 2.12. The van der Waals surface area contributed by atoms with Gasteiger partial charge in [-0.05, 0) is 24.6 Å². The van der Waals surface area contributed by atoms with Crippen molar-refractivity contribution in [1.29, 1.82) is 0 Å². The highest BCUT2D eigenvalue weighted by molar-refractivity contribution is 5.33. The van der Waals surface area contributed by atoms with Gasteiger partial charge in [-0.25, -0.2) is 9.97 Å². The Kier molecular flexibility index (Phi) is 5.22. The van der Waals surface area contributed by atoms with Crippen LogP contribution in [0.2, 0.25) is 0 Å². The molecule has 0 aliphatic heterocycles. The van der Waals surface area contributed by atoms with Crippen LogP contribution in [0, 0.1) is 6.92 Å². The molecule has 21 heavy (non-hydrogen) atoms. The second-order valence-electron chi connectivity index (χ2n) is 5.53. The van der Waals surface area contributed by atoms with Crippen molar-refractivity contribution in [1.82, 2.24) is 20.3 Å². The van der Waals surface area contributed by atoms with E-state index < -0.39 is 0 Å². The van der Waals surface area contributed by atoms with Crippen LogP contribution < -0.4 is 10.2 Å². The van der Waals surface area contributed by atoms with Gasteiger partial charge in [0.15, 0.2) is 0 Å². The molecule has 0 aliphatic rings. The molecule has 1 N–H and O–H groups in total. The smallest absolute Gasteiger partial charge is 0.225 e. The molecule has 0 aliphatic carbocycles. The van der Waals surface area contributed by atoms with Crippen molar-refractivity contribution in [2.24, 2.45) is 0 Å². The molecule has 2 rings (SSSR count). The summed E-state index contributed by atoms with van der Waals surface area (Å²) in [4.78, 5) is 15.2. The molecule has 2 aromatic rings. The first-order valence-electron chi connectivity index (χ1n) is 7.22. The largest absolute Gasteiger partial charge is 0.340 e. The first-order valence-corrected chi connectivity index (χ1v) is 7.22. The fourth-order valence-corrected chi connectivity index (χ4v) is 1.98. The van der Waals surface area contributed by atoms with Gasteiger partial charge in [0.2, 0.25) is 5.95 Å². The standard InChI is InChI=1S/C16H23N5/c1-12(2)18-9-15-10-19-16(20-13(15)3)21(4)11-14-5-7-17-8-6-14/h5-8,10,12,18H,9,11H2,1-4H3. The summed E-state index contributed by atoms with van der Waals surface area (Å²) in [6.07, 6.45) is 5.52. The number of nitrogens with one attached hydrogen (secondary N) is 1. The van der Waals surface area contributed by atoms with Crippen molar-refractivity contribution >= 4 is 5.95 Å². The minimum absolute atomic E-state index is 0.457. The van der Waals surface area contributed by atoms with Crippen molar-refractivity contribution in [2.45, 2.75) is 39.9 Å². The van der Waals surface area contributed by atoms with E-state index in [4.69, 9.17) is 0 Å². The van der Waals surface area contributed by atoms with E-state index in [1.807, 2.05) is 37.2 Å². The van der Waals surface area contributed by atoms with Crippen LogP contribution in [0.4, 0.5) is 5.95 Å². The first kappa shape index (κ1) is 15.4. The van der Waals surface area contributed by atoms with Crippen molar-refractivity contribution in [3.05, 3.63) is 47.5 Å². The minimum atomic E-state index is 0.457. The Bertz CT molecular complexity index is 568. The van der Waals surface area contributed by atoms with Gasteiger partial charge in [-0.2, -0.15) is 0 Å². The van der Waals surface area contributed by atoms with E-state index >= 15 is 0 Å². The van der Waals surface area contributed by atoms with Crippen molar-refractivity contribution in [3.63, 3.8) is 0 Å². The topological polar surface area (TPSA) is 53.9 Å². The van der Waals surface area contributed by atoms with Gasteiger partial charge >= 0.3 is 0 Å². The molecule has 0 fully saturated rings. The van der Waals surface area contributed by atoms with Crippen molar-refractivity contribution < 1.29 is 0 Å². The van der Waals surface area contributed by atoms with Crippen LogP contribution in [0.3, 0.4) is 0 Å². The number of aryl methyl sites for hydroxylation is 1. The lowest BCUT2D eigenvalue weighted by Gasteiger charge is -2.18. The second-order valence-corrected chi connectivity index (χ2v) is 5.53. The maximum atomic E-state index is 4.61. The number of hydrogen-bond donors (Lipinski definition) is 1. The van der Waals surface area contributed by atoms with Crippen LogP contribution in [-0.4, -0.2) is 28.0 Å². The molecule has 0 amide bonds. The molecular formula is C16H23N5. The third-order valence-corrected chi connectivity index (χ3v) is 3.28. The van der Waals surface area contributed by atoms with E-state index in [-0.39, 0.29) is 0 Å². The predicted molar refractivity (Wildman–Crippen MR) is 85.1 cm³/mol. The number of hydrogen-bond acceptors (Lipinski definition) is 5. The summed E-state index contributed by atoms with van der Waals surface area (Å²) in [6.45, 7) is 7.87. The molecule has 2 aromatic heterocycles. The van der Waals surface area contributed by atoms with Gasteiger partial charge in [0.25, 0.3) is 0 Å². The maximum Gasteiger partial charge on any atom is 0.225 e. The first-order chi connectivity index (χ1) is 10.1. The van der Waals surface area contributed by atoms with Crippen LogP contribution in [0.5, 0.6) is 0 Å². The zero-order valence-corrected chi connectivity index (χ0v) is 13.2. The Labute approximate surface area is 126 Å². The highest BCUT2D eigenvalue weighted by atomic mass is 15.2. The fourth-order valence-electron chi connectivity index (χ4n) is 1.98. The van der Waals surface area contributed by atoms with Gasteiger partial charge in [0.1, 0.15) is 0 Å². The van der Waals surface area contributed by atoms with Gasteiger partial charge in [-0.15, -0.1) is 0 Å².